The van der Waals surface area contributed by atoms with Crippen molar-refractivity contribution in [1.82, 2.24) is 0 Å². The minimum atomic E-state index is -0.263. The van der Waals surface area contributed by atoms with Crippen LogP contribution in [0.3, 0.4) is 0 Å². The monoisotopic (exact) mass is 184 g/mol. The molecule has 0 aromatic carbocycles. The van der Waals surface area contributed by atoms with Gasteiger partial charge in [-0.3, -0.25) is 16.2 Å². The largest absolute Gasteiger partial charge is 0.388 e. The van der Waals surface area contributed by atoms with Gasteiger partial charge in [0.1, 0.15) is 0 Å². The van der Waals surface area contributed by atoms with Crippen molar-refractivity contribution in [2.75, 3.05) is 0 Å². The molecule has 0 bridgehead atoms. The Labute approximate surface area is 77.0 Å². The summed E-state index contributed by atoms with van der Waals surface area (Å²) in [6, 6.07) is 0. The molecule has 0 saturated heterocycles. The first-order valence-electron chi connectivity index (χ1n) is 3.93. The van der Waals surface area contributed by atoms with Gasteiger partial charge in [0, 0.05) is 18.8 Å². The zero-order valence-corrected chi connectivity index (χ0v) is 7.43. The van der Waals surface area contributed by atoms with Crippen LogP contribution in [-0.4, -0.2) is 17.5 Å². The van der Waals surface area contributed by atoms with Crippen LogP contribution in [-0.2, 0) is 0 Å². The molecule has 74 valence electrons. The fourth-order valence-electron chi connectivity index (χ4n) is 0.963. The van der Waals surface area contributed by atoms with E-state index in [4.69, 9.17) is 33.4 Å². The van der Waals surface area contributed by atoms with Gasteiger partial charge in [-0.25, -0.2) is 0 Å². The highest BCUT2D eigenvalue weighted by atomic mass is 14.8. The molecule has 0 aliphatic carbocycles. The highest BCUT2D eigenvalue weighted by molar-refractivity contribution is 5.87. The Balaban J connectivity index is 4.02. The van der Waals surface area contributed by atoms with E-state index in [1.807, 2.05) is 0 Å². The van der Waals surface area contributed by atoms with E-state index in [0.717, 1.165) is 0 Å². The fraction of sp³-hybridized carbons (Fsp3) is 0.571. The van der Waals surface area contributed by atoms with Crippen molar-refractivity contribution in [1.29, 1.82) is 16.2 Å². The van der Waals surface area contributed by atoms with Crippen LogP contribution in [0.25, 0.3) is 0 Å². The van der Waals surface area contributed by atoms with E-state index in [2.05, 4.69) is 0 Å². The smallest absolute Gasteiger partial charge is 0.0941 e. The van der Waals surface area contributed by atoms with Gasteiger partial charge >= 0.3 is 0 Å². The summed E-state index contributed by atoms with van der Waals surface area (Å²) in [6.45, 7) is 0. The lowest BCUT2D eigenvalue weighted by atomic mass is 9.97. The minimum Gasteiger partial charge on any atom is -0.388 e. The molecule has 0 aromatic rings. The summed E-state index contributed by atoms with van der Waals surface area (Å²) in [7, 11) is 0. The first-order chi connectivity index (χ1) is 5.93. The lowest BCUT2D eigenvalue weighted by molar-refractivity contribution is 0.653. The standard InChI is InChI=1S/C7H16N6/c8-5(9)2-1-4(7(12)13)3-6(10)11/h4H,1-3H2,(H3,8,9)(H3,10,11)(H3,12,13). The fourth-order valence-corrected chi connectivity index (χ4v) is 0.963. The average molecular weight is 184 g/mol. The minimum absolute atomic E-state index is 0.00329. The van der Waals surface area contributed by atoms with Crippen LogP contribution in [0.2, 0.25) is 0 Å². The summed E-state index contributed by atoms with van der Waals surface area (Å²) in [6.07, 6.45) is 1.16. The molecule has 0 radical (unpaired) electrons. The third-order valence-corrected chi connectivity index (χ3v) is 1.67. The van der Waals surface area contributed by atoms with E-state index >= 15 is 0 Å². The second kappa shape index (κ2) is 5.13. The maximum absolute atomic E-state index is 7.20. The van der Waals surface area contributed by atoms with Crippen LogP contribution in [0, 0.1) is 22.1 Å². The van der Waals surface area contributed by atoms with E-state index in [0.29, 0.717) is 12.8 Å². The zero-order valence-electron chi connectivity index (χ0n) is 7.43. The lowest BCUT2D eigenvalue weighted by Gasteiger charge is -2.13. The van der Waals surface area contributed by atoms with Gasteiger partial charge in [-0.2, -0.15) is 0 Å². The Hall–Kier alpha value is -1.59. The van der Waals surface area contributed by atoms with Crippen molar-refractivity contribution in [3.05, 3.63) is 0 Å². The van der Waals surface area contributed by atoms with Crippen molar-refractivity contribution in [3.8, 4) is 0 Å². The molecule has 0 heterocycles. The quantitative estimate of drug-likeness (QED) is 0.246. The molecule has 0 aliphatic heterocycles. The van der Waals surface area contributed by atoms with Crippen LogP contribution < -0.4 is 17.2 Å². The van der Waals surface area contributed by atoms with Gasteiger partial charge in [0.05, 0.1) is 17.5 Å². The molecular weight excluding hydrogens is 168 g/mol. The van der Waals surface area contributed by atoms with E-state index in [9.17, 15) is 0 Å². The molecule has 6 nitrogen and oxygen atoms in total. The first-order valence-corrected chi connectivity index (χ1v) is 3.93. The third-order valence-electron chi connectivity index (χ3n) is 1.67. The summed E-state index contributed by atoms with van der Waals surface area (Å²) < 4.78 is 0. The van der Waals surface area contributed by atoms with Gasteiger partial charge in [-0.15, -0.1) is 0 Å². The Morgan fingerprint density at radius 1 is 1.00 bits per heavy atom. The number of hydrogen-bond acceptors (Lipinski definition) is 3. The second-order valence-corrected chi connectivity index (χ2v) is 2.95. The van der Waals surface area contributed by atoms with Gasteiger partial charge in [0.25, 0.3) is 0 Å². The van der Waals surface area contributed by atoms with E-state index in [-0.39, 0.29) is 29.8 Å². The van der Waals surface area contributed by atoms with E-state index in [1.165, 1.54) is 0 Å². The summed E-state index contributed by atoms with van der Waals surface area (Å²) in [5.41, 5.74) is 15.6. The molecule has 9 N–H and O–H groups in total. The first kappa shape index (κ1) is 11.4. The maximum atomic E-state index is 7.20. The highest BCUT2D eigenvalue weighted by Crippen LogP contribution is 2.10. The maximum Gasteiger partial charge on any atom is 0.0941 e. The van der Waals surface area contributed by atoms with E-state index < -0.39 is 0 Å². The van der Waals surface area contributed by atoms with Gasteiger partial charge in [-0.05, 0) is 6.42 Å². The van der Waals surface area contributed by atoms with Gasteiger partial charge < -0.3 is 17.2 Å². The molecule has 0 aliphatic rings. The normalized spacial score (nSPS) is 12.0. The SMILES string of the molecule is N=C(N)CCC(CC(=N)N)C(=N)N. The van der Waals surface area contributed by atoms with Crippen molar-refractivity contribution in [2.45, 2.75) is 19.3 Å². The Kier molecular flexibility index (Phi) is 4.50. The zero-order chi connectivity index (χ0) is 10.4. The molecule has 0 spiro atoms. The van der Waals surface area contributed by atoms with Crippen molar-refractivity contribution < 1.29 is 0 Å². The van der Waals surface area contributed by atoms with E-state index in [1.54, 1.807) is 0 Å². The highest BCUT2D eigenvalue weighted by Gasteiger charge is 2.13. The Bertz CT molecular complexity index is 221. The predicted molar refractivity (Wildman–Crippen MR) is 53.1 cm³/mol. The van der Waals surface area contributed by atoms with Gasteiger partial charge in [0.2, 0.25) is 0 Å². The van der Waals surface area contributed by atoms with Crippen molar-refractivity contribution in [2.24, 2.45) is 23.1 Å². The van der Waals surface area contributed by atoms with Crippen LogP contribution in [0.5, 0.6) is 0 Å². The van der Waals surface area contributed by atoms with Crippen LogP contribution in [0.15, 0.2) is 0 Å². The molecule has 0 aromatic heterocycles. The van der Waals surface area contributed by atoms with Crippen LogP contribution in [0.4, 0.5) is 0 Å². The molecule has 0 rings (SSSR count). The number of hydrogen-bond donors (Lipinski definition) is 6. The molecule has 6 heteroatoms. The molecule has 1 unspecified atom stereocenters. The molecule has 13 heavy (non-hydrogen) atoms. The second-order valence-electron chi connectivity index (χ2n) is 2.95. The Morgan fingerprint density at radius 2 is 1.54 bits per heavy atom. The molecular formula is C7H16N6. The summed E-state index contributed by atoms with van der Waals surface area (Å²) >= 11 is 0. The molecule has 0 saturated carbocycles. The number of amidine groups is 3. The number of nitrogens with one attached hydrogen (secondary N) is 3. The summed E-state index contributed by atoms with van der Waals surface area (Å²) in [5, 5.41) is 21.2. The van der Waals surface area contributed by atoms with Gasteiger partial charge in [-0.1, -0.05) is 0 Å². The molecule has 0 amide bonds. The van der Waals surface area contributed by atoms with Crippen molar-refractivity contribution >= 4 is 17.5 Å². The van der Waals surface area contributed by atoms with Crippen molar-refractivity contribution in [3.63, 3.8) is 0 Å². The average Bonchev–Trinajstić information content (AvgIpc) is 1.96. The van der Waals surface area contributed by atoms with Gasteiger partial charge in [0.15, 0.2) is 0 Å². The van der Waals surface area contributed by atoms with Crippen LogP contribution >= 0.6 is 0 Å². The number of rotatable bonds is 6. The molecule has 0 fully saturated rings. The predicted octanol–water partition coefficient (Wildman–Crippen LogP) is -0.419. The third kappa shape index (κ3) is 5.66. The molecule has 1 atom stereocenters. The Morgan fingerprint density at radius 3 is 1.85 bits per heavy atom. The summed E-state index contributed by atoms with van der Waals surface area (Å²) in [5.74, 6) is -0.198. The summed E-state index contributed by atoms with van der Waals surface area (Å²) in [4.78, 5) is 0. The van der Waals surface area contributed by atoms with Crippen LogP contribution in [0.1, 0.15) is 19.3 Å². The number of nitrogens with two attached hydrogens (primary N) is 3. The lowest BCUT2D eigenvalue weighted by Crippen LogP contribution is -2.28. The topological polar surface area (TPSA) is 150 Å².